The first-order chi connectivity index (χ1) is 7.75. The zero-order chi connectivity index (χ0) is 11.4. The van der Waals surface area contributed by atoms with E-state index in [-0.39, 0.29) is 6.04 Å². The normalized spacial score (nSPS) is 12.6. The molecule has 0 fully saturated rings. The Balaban J connectivity index is 1.97. The van der Waals surface area contributed by atoms with Gasteiger partial charge in [0.15, 0.2) is 0 Å². The quantitative estimate of drug-likeness (QED) is 0.942. The fourth-order valence-corrected chi connectivity index (χ4v) is 2.75. The molecular weight excluding hydrogens is 284 g/mol. The number of aromatic nitrogens is 1. The number of nitrogens with two attached hydrogens (primary N) is 1. The highest BCUT2D eigenvalue weighted by Gasteiger charge is 2.08. The highest BCUT2D eigenvalue weighted by molar-refractivity contribution is 9.10. The lowest BCUT2D eigenvalue weighted by molar-refractivity contribution is 0.661. The van der Waals surface area contributed by atoms with E-state index in [0.29, 0.717) is 0 Å². The monoisotopic (exact) mass is 296 g/mol. The molecule has 1 aromatic carbocycles. The van der Waals surface area contributed by atoms with Gasteiger partial charge in [0.05, 0.1) is 5.01 Å². The SMILES string of the molecule is NC(Cc1nccs1)Cc1ccccc1Br. The first kappa shape index (κ1) is 11.8. The molecule has 0 saturated carbocycles. The van der Waals surface area contributed by atoms with E-state index in [4.69, 9.17) is 5.73 Å². The lowest BCUT2D eigenvalue weighted by atomic mass is 10.0. The molecule has 0 saturated heterocycles. The maximum absolute atomic E-state index is 6.11. The molecule has 2 aromatic rings. The average Bonchev–Trinajstić information content (AvgIpc) is 2.74. The van der Waals surface area contributed by atoms with E-state index in [1.54, 1.807) is 11.3 Å². The minimum atomic E-state index is 0.129. The zero-order valence-corrected chi connectivity index (χ0v) is 11.2. The second-order valence-electron chi connectivity index (χ2n) is 3.69. The second kappa shape index (κ2) is 5.57. The summed E-state index contributed by atoms with van der Waals surface area (Å²) in [6, 6.07) is 8.33. The van der Waals surface area contributed by atoms with Crippen LogP contribution in [0, 0.1) is 0 Å². The molecule has 0 aliphatic rings. The number of thiazole rings is 1. The Labute approximate surface area is 108 Å². The molecule has 2 N–H and O–H groups in total. The fraction of sp³-hybridized carbons (Fsp3) is 0.250. The molecule has 1 aromatic heterocycles. The van der Waals surface area contributed by atoms with Crippen LogP contribution >= 0.6 is 27.3 Å². The molecule has 0 radical (unpaired) electrons. The van der Waals surface area contributed by atoms with Gasteiger partial charge >= 0.3 is 0 Å². The lowest BCUT2D eigenvalue weighted by Crippen LogP contribution is -2.25. The van der Waals surface area contributed by atoms with E-state index >= 15 is 0 Å². The highest BCUT2D eigenvalue weighted by Crippen LogP contribution is 2.18. The maximum Gasteiger partial charge on any atom is 0.0940 e. The van der Waals surface area contributed by atoms with Crippen molar-refractivity contribution >= 4 is 27.3 Å². The van der Waals surface area contributed by atoms with E-state index < -0.39 is 0 Å². The van der Waals surface area contributed by atoms with Crippen molar-refractivity contribution < 1.29 is 0 Å². The summed E-state index contributed by atoms with van der Waals surface area (Å²) in [6.45, 7) is 0. The van der Waals surface area contributed by atoms with Crippen LogP contribution < -0.4 is 5.73 Å². The molecule has 0 aliphatic carbocycles. The molecule has 2 nitrogen and oxygen atoms in total. The van der Waals surface area contributed by atoms with Crippen molar-refractivity contribution in [2.45, 2.75) is 18.9 Å². The molecule has 0 amide bonds. The fourth-order valence-electron chi connectivity index (χ4n) is 1.60. The predicted molar refractivity (Wildman–Crippen MR) is 71.6 cm³/mol. The second-order valence-corrected chi connectivity index (χ2v) is 5.52. The van der Waals surface area contributed by atoms with Gasteiger partial charge in [-0.15, -0.1) is 11.3 Å². The van der Waals surface area contributed by atoms with E-state index in [1.165, 1.54) is 5.56 Å². The molecule has 4 heteroatoms. The molecule has 1 heterocycles. The molecule has 0 bridgehead atoms. The number of benzene rings is 1. The molecule has 16 heavy (non-hydrogen) atoms. The number of nitrogens with zero attached hydrogens (tertiary/aromatic N) is 1. The standard InChI is InChI=1S/C12H13BrN2S/c13-11-4-2-1-3-9(11)7-10(14)8-12-15-5-6-16-12/h1-6,10H,7-8,14H2. The summed E-state index contributed by atoms with van der Waals surface area (Å²) in [5, 5.41) is 3.10. The molecule has 0 aliphatic heterocycles. The Hall–Kier alpha value is -0.710. The third kappa shape index (κ3) is 3.14. The summed E-state index contributed by atoms with van der Waals surface area (Å²) < 4.78 is 1.13. The van der Waals surface area contributed by atoms with Crippen LogP contribution in [-0.2, 0) is 12.8 Å². The van der Waals surface area contributed by atoms with Crippen LogP contribution in [0.25, 0.3) is 0 Å². The van der Waals surface area contributed by atoms with Crippen LogP contribution in [-0.4, -0.2) is 11.0 Å². The lowest BCUT2D eigenvalue weighted by Gasteiger charge is -2.11. The van der Waals surface area contributed by atoms with Gasteiger partial charge in [0.25, 0.3) is 0 Å². The van der Waals surface area contributed by atoms with E-state index in [2.05, 4.69) is 27.0 Å². The van der Waals surface area contributed by atoms with Crippen LogP contribution in [0.1, 0.15) is 10.6 Å². The van der Waals surface area contributed by atoms with Crippen LogP contribution in [0.2, 0.25) is 0 Å². The maximum atomic E-state index is 6.11. The van der Waals surface area contributed by atoms with E-state index in [1.807, 2.05) is 29.8 Å². The van der Waals surface area contributed by atoms with Crippen molar-refractivity contribution in [3.63, 3.8) is 0 Å². The number of rotatable bonds is 4. The van der Waals surface area contributed by atoms with Gasteiger partial charge in [-0.25, -0.2) is 4.98 Å². The molecule has 0 spiro atoms. The van der Waals surface area contributed by atoms with Crippen molar-refractivity contribution in [3.8, 4) is 0 Å². The van der Waals surface area contributed by atoms with Crippen LogP contribution in [0.4, 0.5) is 0 Å². The number of hydrogen-bond acceptors (Lipinski definition) is 3. The van der Waals surface area contributed by atoms with Gasteiger partial charge in [-0.2, -0.15) is 0 Å². The predicted octanol–water partition coefficient (Wildman–Crippen LogP) is 3.02. The van der Waals surface area contributed by atoms with Crippen molar-refractivity contribution in [1.82, 2.24) is 4.98 Å². The van der Waals surface area contributed by atoms with Crippen molar-refractivity contribution in [2.24, 2.45) is 5.73 Å². The Morgan fingerprint density at radius 1 is 1.31 bits per heavy atom. The summed E-state index contributed by atoms with van der Waals surface area (Å²) >= 11 is 5.20. The number of halogens is 1. The molecule has 1 atom stereocenters. The minimum absolute atomic E-state index is 0.129. The van der Waals surface area contributed by atoms with Crippen LogP contribution in [0.5, 0.6) is 0 Å². The zero-order valence-electron chi connectivity index (χ0n) is 8.77. The first-order valence-electron chi connectivity index (χ1n) is 5.13. The summed E-state index contributed by atoms with van der Waals surface area (Å²) in [7, 11) is 0. The topological polar surface area (TPSA) is 38.9 Å². The Morgan fingerprint density at radius 2 is 2.12 bits per heavy atom. The molecule has 84 valence electrons. The Morgan fingerprint density at radius 3 is 2.81 bits per heavy atom. The van der Waals surface area contributed by atoms with E-state index in [9.17, 15) is 0 Å². The largest absolute Gasteiger partial charge is 0.327 e. The van der Waals surface area contributed by atoms with Gasteiger partial charge in [0.2, 0.25) is 0 Å². The Kier molecular flexibility index (Phi) is 4.09. The van der Waals surface area contributed by atoms with Gasteiger partial charge in [0, 0.05) is 28.5 Å². The number of hydrogen-bond donors (Lipinski definition) is 1. The Bertz CT molecular complexity index is 442. The van der Waals surface area contributed by atoms with E-state index in [0.717, 1.165) is 22.3 Å². The van der Waals surface area contributed by atoms with Gasteiger partial charge in [0.1, 0.15) is 0 Å². The minimum Gasteiger partial charge on any atom is -0.327 e. The van der Waals surface area contributed by atoms with Gasteiger partial charge in [-0.05, 0) is 18.1 Å². The highest BCUT2D eigenvalue weighted by atomic mass is 79.9. The van der Waals surface area contributed by atoms with Crippen LogP contribution in [0.3, 0.4) is 0 Å². The van der Waals surface area contributed by atoms with Gasteiger partial charge < -0.3 is 5.73 Å². The third-order valence-corrected chi connectivity index (χ3v) is 3.94. The third-order valence-electron chi connectivity index (χ3n) is 2.36. The summed E-state index contributed by atoms with van der Waals surface area (Å²) in [5.74, 6) is 0. The summed E-state index contributed by atoms with van der Waals surface area (Å²) in [4.78, 5) is 4.25. The van der Waals surface area contributed by atoms with Crippen molar-refractivity contribution in [2.75, 3.05) is 0 Å². The first-order valence-corrected chi connectivity index (χ1v) is 6.80. The summed E-state index contributed by atoms with van der Waals surface area (Å²) in [5.41, 5.74) is 7.37. The van der Waals surface area contributed by atoms with Crippen molar-refractivity contribution in [1.29, 1.82) is 0 Å². The van der Waals surface area contributed by atoms with Gasteiger partial charge in [-0.3, -0.25) is 0 Å². The molecule has 2 rings (SSSR count). The van der Waals surface area contributed by atoms with Crippen LogP contribution in [0.15, 0.2) is 40.3 Å². The van der Waals surface area contributed by atoms with Crippen molar-refractivity contribution in [3.05, 3.63) is 50.9 Å². The van der Waals surface area contributed by atoms with Gasteiger partial charge in [-0.1, -0.05) is 34.1 Å². The average molecular weight is 297 g/mol. The smallest absolute Gasteiger partial charge is 0.0940 e. The summed E-state index contributed by atoms with van der Waals surface area (Å²) in [6.07, 6.45) is 3.55. The molecular formula is C12H13BrN2S. The molecule has 1 unspecified atom stereocenters.